The number of allylic oxidation sites excluding steroid dienone is 18. The van der Waals surface area contributed by atoms with E-state index in [2.05, 4.69) is 123 Å². The van der Waals surface area contributed by atoms with Crippen molar-refractivity contribution in [2.24, 2.45) is 5.73 Å². The zero-order chi connectivity index (χ0) is 64.4. The van der Waals surface area contributed by atoms with Crippen LogP contribution in [0.25, 0.3) is 0 Å². The molecule has 0 radical (unpaired) electrons. The smallest absolute Gasteiger partial charge is 0.462 e. The third kappa shape index (κ3) is 73.6. The lowest BCUT2D eigenvalue weighted by molar-refractivity contribution is -0.161. The quantitative estimate of drug-likeness (QED) is 0.0264. The van der Waals surface area contributed by atoms with Crippen molar-refractivity contribution in [3.63, 3.8) is 0 Å². The van der Waals surface area contributed by atoms with Crippen molar-refractivity contribution in [2.75, 3.05) is 26.4 Å². The maximum absolute atomic E-state index is 12.8. The van der Waals surface area contributed by atoms with Gasteiger partial charge < -0.3 is 20.1 Å². The van der Waals surface area contributed by atoms with Crippen molar-refractivity contribution < 1.29 is 37.6 Å². The number of phosphoric acid groups is 1. The predicted molar refractivity (Wildman–Crippen MR) is 385 cm³/mol. The Hall–Kier alpha value is -3.33. The van der Waals surface area contributed by atoms with Gasteiger partial charge in [0.25, 0.3) is 0 Å². The lowest BCUT2D eigenvalue weighted by Gasteiger charge is -2.19. The summed E-state index contributed by atoms with van der Waals surface area (Å²) >= 11 is 0. The van der Waals surface area contributed by atoms with E-state index in [0.29, 0.717) is 6.42 Å². The Kier molecular flexibility index (Phi) is 71.0. The van der Waals surface area contributed by atoms with Gasteiger partial charge in [0, 0.05) is 19.4 Å². The molecule has 0 bridgehead atoms. The average molecular weight is 1260 g/mol. The minimum absolute atomic E-state index is 0.0514. The largest absolute Gasteiger partial charge is 0.472 e. The molecule has 0 heterocycles. The summed E-state index contributed by atoms with van der Waals surface area (Å²) in [4.78, 5) is 35.4. The van der Waals surface area contributed by atoms with Gasteiger partial charge in [0.1, 0.15) is 6.61 Å². The summed E-state index contributed by atoms with van der Waals surface area (Å²) < 4.78 is 33.2. The number of unbranched alkanes of at least 4 members (excludes halogenated alkanes) is 39. The van der Waals surface area contributed by atoms with E-state index in [-0.39, 0.29) is 38.6 Å². The van der Waals surface area contributed by atoms with Gasteiger partial charge in [0.15, 0.2) is 6.10 Å². The highest BCUT2D eigenvalue weighted by atomic mass is 31.2. The number of carbonyl (C=O) groups is 2. The Morgan fingerprint density at radius 3 is 0.933 bits per heavy atom. The summed E-state index contributed by atoms with van der Waals surface area (Å²) in [5.74, 6) is -0.817. The summed E-state index contributed by atoms with van der Waals surface area (Å²) in [7, 11) is -4.40. The van der Waals surface area contributed by atoms with Crippen LogP contribution < -0.4 is 5.73 Å². The van der Waals surface area contributed by atoms with Crippen molar-refractivity contribution in [3.05, 3.63) is 109 Å². The van der Waals surface area contributed by atoms with Crippen molar-refractivity contribution in [1.82, 2.24) is 0 Å². The molecule has 0 saturated carbocycles. The predicted octanol–water partition coefficient (Wildman–Crippen LogP) is 24.9. The van der Waals surface area contributed by atoms with Gasteiger partial charge in [-0.25, -0.2) is 4.57 Å². The van der Waals surface area contributed by atoms with Crippen LogP contribution in [0, 0.1) is 0 Å². The van der Waals surface area contributed by atoms with Gasteiger partial charge in [-0.2, -0.15) is 0 Å². The standard InChI is InChI=1S/C79H140NO8P/c1-3-5-7-9-11-13-15-17-19-21-23-25-27-29-31-33-34-35-36-37-38-39-40-41-42-44-46-48-50-52-54-56-58-60-62-64-66-68-70-72-79(82)88-77(76-87-89(83,84)86-74-73-80)75-85-78(81)71-69-67-65-63-61-59-57-55-53-51-49-47-45-43-32-30-28-26-24-22-20-18-16-14-12-10-8-6-4-2/h5,7,11,13,17,19,22-25,29,31,34-35,37-38,40-41,77H,3-4,6,8-10,12,14-16,18,20-21,26-28,30,32-33,36,39,42-76,80H2,1-2H3,(H,83,84)/b7-5-,13-11-,19-17-,24-22-,25-23-,31-29-,35-34-,38-37-,41-40-. The summed E-state index contributed by atoms with van der Waals surface area (Å²) in [6, 6.07) is 0. The third-order valence-corrected chi connectivity index (χ3v) is 17.1. The molecule has 2 unspecified atom stereocenters. The molecule has 3 N–H and O–H groups in total. The molecule has 0 amide bonds. The van der Waals surface area contributed by atoms with Gasteiger partial charge >= 0.3 is 19.8 Å². The van der Waals surface area contributed by atoms with Gasteiger partial charge in [0.05, 0.1) is 13.2 Å². The van der Waals surface area contributed by atoms with Gasteiger partial charge in [0.2, 0.25) is 0 Å². The second-order valence-electron chi connectivity index (χ2n) is 24.8. The first-order chi connectivity index (χ1) is 43.8. The molecule has 10 heteroatoms. The van der Waals surface area contributed by atoms with Crippen molar-refractivity contribution in [3.8, 4) is 0 Å². The molecular weight excluding hydrogens is 1120 g/mol. The van der Waals surface area contributed by atoms with E-state index >= 15 is 0 Å². The van der Waals surface area contributed by atoms with E-state index in [9.17, 15) is 19.0 Å². The van der Waals surface area contributed by atoms with Crippen LogP contribution in [0.2, 0.25) is 0 Å². The lowest BCUT2D eigenvalue weighted by atomic mass is 10.0. The number of hydrogen-bond donors (Lipinski definition) is 2. The van der Waals surface area contributed by atoms with Crippen LogP contribution in [0.3, 0.4) is 0 Å². The summed E-state index contributed by atoms with van der Waals surface area (Å²) in [6.07, 6.45) is 102. The Balaban J connectivity index is 3.86. The number of ether oxygens (including phenoxy) is 2. The second-order valence-corrected chi connectivity index (χ2v) is 26.2. The van der Waals surface area contributed by atoms with Crippen LogP contribution in [0.1, 0.15) is 348 Å². The number of rotatable bonds is 70. The number of carbonyl (C=O) groups excluding carboxylic acids is 2. The molecule has 0 rings (SSSR count). The fourth-order valence-corrected chi connectivity index (χ4v) is 11.4. The van der Waals surface area contributed by atoms with Gasteiger partial charge in [-0.15, -0.1) is 0 Å². The molecule has 0 spiro atoms. The molecule has 0 aliphatic rings. The minimum Gasteiger partial charge on any atom is -0.462 e. The van der Waals surface area contributed by atoms with Crippen molar-refractivity contribution >= 4 is 19.8 Å². The van der Waals surface area contributed by atoms with Crippen LogP contribution >= 0.6 is 7.82 Å². The zero-order valence-corrected chi connectivity index (χ0v) is 58.8. The number of hydrogen-bond acceptors (Lipinski definition) is 8. The maximum Gasteiger partial charge on any atom is 0.472 e. The van der Waals surface area contributed by atoms with Gasteiger partial charge in [-0.05, 0) is 103 Å². The minimum atomic E-state index is -4.40. The van der Waals surface area contributed by atoms with Crippen LogP contribution in [0.15, 0.2) is 109 Å². The fourth-order valence-electron chi connectivity index (χ4n) is 10.7. The Morgan fingerprint density at radius 1 is 0.348 bits per heavy atom. The highest BCUT2D eigenvalue weighted by Gasteiger charge is 2.26. The van der Waals surface area contributed by atoms with Crippen LogP contribution in [0.5, 0.6) is 0 Å². The maximum atomic E-state index is 12.8. The summed E-state index contributed by atoms with van der Waals surface area (Å²) in [5.41, 5.74) is 5.41. The molecule has 514 valence electrons. The molecule has 9 nitrogen and oxygen atoms in total. The first-order valence-electron chi connectivity index (χ1n) is 37.4. The summed E-state index contributed by atoms with van der Waals surface area (Å²) in [6.45, 7) is 3.67. The van der Waals surface area contributed by atoms with Crippen LogP contribution in [-0.2, 0) is 32.7 Å². The Labute approximate surface area is 549 Å². The molecule has 0 aromatic rings. The molecular formula is C79H140NO8P. The molecule has 0 aromatic heterocycles. The number of esters is 2. The molecule has 0 aromatic carbocycles. The fraction of sp³-hybridized carbons (Fsp3) is 0.747. The highest BCUT2D eigenvalue weighted by Crippen LogP contribution is 2.43. The van der Waals surface area contributed by atoms with E-state index in [4.69, 9.17) is 24.3 Å². The van der Waals surface area contributed by atoms with E-state index in [1.165, 1.54) is 225 Å². The van der Waals surface area contributed by atoms with Gasteiger partial charge in [-0.3, -0.25) is 18.6 Å². The third-order valence-electron chi connectivity index (χ3n) is 16.1. The topological polar surface area (TPSA) is 134 Å². The Morgan fingerprint density at radius 2 is 0.618 bits per heavy atom. The van der Waals surface area contributed by atoms with Gasteiger partial charge in [-0.1, -0.05) is 342 Å². The molecule has 0 aliphatic carbocycles. The lowest BCUT2D eigenvalue weighted by Crippen LogP contribution is -2.29. The van der Waals surface area contributed by atoms with Crippen molar-refractivity contribution in [2.45, 2.75) is 354 Å². The van der Waals surface area contributed by atoms with Crippen LogP contribution in [0.4, 0.5) is 0 Å². The molecule has 0 saturated heterocycles. The first kappa shape index (κ1) is 85.7. The number of nitrogens with two attached hydrogens (primary N) is 1. The highest BCUT2D eigenvalue weighted by molar-refractivity contribution is 7.47. The van der Waals surface area contributed by atoms with Crippen molar-refractivity contribution in [1.29, 1.82) is 0 Å². The van der Waals surface area contributed by atoms with Crippen LogP contribution in [-0.4, -0.2) is 49.3 Å². The Bertz CT molecular complexity index is 1830. The normalized spacial score (nSPS) is 13.5. The monoisotopic (exact) mass is 1260 g/mol. The first-order valence-corrected chi connectivity index (χ1v) is 38.9. The summed E-state index contributed by atoms with van der Waals surface area (Å²) in [5, 5.41) is 0. The zero-order valence-electron chi connectivity index (χ0n) is 57.9. The van der Waals surface area contributed by atoms with E-state index in [1.54, 1.807) is 0 Å². The van der Waals surface area contributed by atoms with E-state index in [1.807, 2.05) is 0 Å². The SMILES string of the molecule is CC/C=C\C/C=C\C/C=C\C/C=C\C/C=C\C/C=C\C/C=C\C/C=C\CCCCCCCCCCCCCCCCC(=O)OC(COC(=O)CCCCCCCCCCCCCCCCCCC/C=C\CCCCCCCCCC)COP(=O)(O)OCCN. The molecule has 2 atom stereocenters. The molecule has 0 fully saturated rings. The second kappa shape index (κ2) is 73.7. The average Bonchev–Trinajstić information content (AvgIpc) is 3.68. The molecule has 0 aliphatic heterocycles. The van der Waals surface area contributed by atoms with E-state index < -0.39 is 26.5 Å². The molecule has 89 heavy (non-hydrogen) atoms. The van der Waals surface area contributed by atoms with E-state index in [0.717, 1.165) is 89.9 Å². The number of phosphoric ester groups is 1.